The van der Waals surface area contributed by atoms with Crippen LogP contribution in [0.4, 0.5) is 5.82 Å². The van der Waals surface area contributed by atoms with Gasteiger partial charge in [-0.3, -0.25) is 4.79 Å². The van der Waals surface area contributed by atoms with E-state index in [0.29, 0.717) is 17.9 Å². The van der Waals surface area contributed by atoms with Gasteiger partial charge in [0.15, 0.2) is 0 Å². The molecule has 1 N–H and O–H groups in total. The number of aromatic nitrogens is 3. The molecule has 2 fully saturated rings. The molecule has 1 amide bonds. The number of carbonyl (C=O) groups is 1. The summed E-state index contributed by atoms with van der Waals surface area (Å²) in [5.74, 6) is 1.82. The lowest BCUT2D eigenvalue weighted by Crippen LogP contribution is -2.45. The number of aromatic amines is 1. The van der Waals surface area contributed by atoms with E-state index < -0.39 is 0 Å². The van der Waals surface area contributed by atoms with Crippen LogP contribution in [0.1, 0.15) is 38.7 Å². The predicted octanol–water partition coefficient (Wildman–Crippen LogP) is 4.04. The fourth-order valence-electron chi connectivity index (χ4n) is 5.49. The number of H-pyrrole nitrogens is 1. The number of nitrogens with zero attached hydrogens (tertiary/aromatic N) is 4. The van der Waals surface area contributed by atoms with E-state index in [0.717, 1.165) is 62.2 Å². The van der Waals surface area contributed by atoms with Crippen molar-refractivity contribution in [2.24, 2.45) is 11.3 Å². The van der Waals surface area contributed by atoms with E-state index >= 15 is 0 Å². The number of likely N-dealkylation sites (tertiary alicyclic amines) is 1. The maximum atomic E-state index is 13.7. The SMILES string of the molecule is CC(C)CN1C(=O)C2(CCN(c3ncnc4[nH]ccc34)CC2)CC1Cc1ccccc1. The topological polar surface area (TPSA) is 65.1 Å². The van der Waals surface area contributed by atoms with Crippen molar-refractivity contribution in [3.8, 4) is 0 Å². The van der Waals surface area contributed by atoms with E-state index in [9.17, 15) is 4.79 Å². The minimum Gasteiger partial charge on any atom is -0.356 e. The van der Waals surface area contributed by atoms with Gasteiger partial charge in [-0.15, -0.1) is 0 Å². The van der Waals surface area contributed by atoms with Gasteiger partial charge >= 0.3 is 0 Å². The Labute approximate surface area is 183 Å². The zero-order valence-electron chi connectivity index (χ0n) is 18.4. The van der Waals surface area contributed by atoms with Crippen LogP contribution in [0.15, 0.2) is 48.9 Å². The summed E-state index contributed by atoms with van der Waals surface area (Å²) < 4.78 is 0. The van der Waals surface area contributed by atoms with E-state index in [1.165, 1.54) is 5.56 Å². The molecule has 3 aromatic rings. The third kappa shape index (κ3) is 3.68. The first-order valence-corrected chi connectivity index (χ1v) is 11.4. The van der Waals surface area contributed by atoms with Gasteiger partial charge < -0.3 is 14.8 Å². The van der Waals surface area contributed by atoms with E-state index in [4.69, 9.17) is 0 Å². The molecular weight excluding hydrogens is 386 g/mol. The van der Waals surface area contributed by atoms with Gasteiger partial charge in [0, 0.05) is 31.9 Å². The minimum absolute atomic E-state index is 0.227. The summed E-state index contributed by atoms with van der Waals surface area (Å²) in [6.45, 7) is 6.97. The van der Waals surface area contributed by atoms with E-state index in [1.54, 1.807) is 6.33 Å². The van der Waals surface area contributed by atoms with Crippen molar-refractivity contribution in [1.29, 1.82) is 0 Å². The van der Waals surface area contributed by atoms with Gasteiger partial charge in [0.05, 0.1) is 10.8 Å². The Balaban J connectivity index is 1.36. The normalized spacial score (nSPS) is 21.0. The molecule has 0 aliphatic carbocycles. The molecule has 2 aliphatic rings. The average Bonchev–Trinajstić information content (AvgIpc) is 3.34. The molecule has 1 atom stereocenters. The van der Waals surface area contributed by atoms with Gasteiger partial charge in [0.1, 0.15) is 17.8 Å². The molecular formula is C25H31N5O. The number of piperidine rings is 1. The van der Waals surface area contributed by atoms with Crippen LogP contribution >= 0.6 is 0 Å². The van der Waals surface area contributed by atoms with Gasteiger partial charge in [-0.05, 0) is 43.2 Å². The second-order valence-electron chi connectivity index (χ2n) is 9.60. The lowest BCUT2D eigenvalue weighted by molar-refractivity contribution is -0.138. The molecule has 0 saturated carbocycles. The van der Waals surface area contributed by atoms with Crippen LogP contribution in [-0.2, 0) is 11.2 Å². The zero-order chi connectivity index (χ0) is 21.4. The molecule has 1 aromatic carbocycles. The molecule has 2 saturated heterocycles. The molecule has 162 valence electrons. The van der Waals surface area contributed by atoms with E-state index in [2.05, 4.69) is 68.9 Å². The number of rotatable bonds is 5. The predicted molar refractivity (Wildman–Crippen MR) is 123 cm³/mol. The third-order valence-electron chi connectivity index (χ3n) is 7.01. The summed E-state index contributed by atoms with van der Waals surface area (Å²) in [6.07, 6.45) is 7.22. The summed E-state index contributed by atoms with van der Waals surface area (Å²) >= 11 is 0. The largest absolute Gasteiger partial charge is 0.356 e. The number of hydrogen-bond donors (Lipinski definition) is 1. The smallest absolute Gasteiger partial charge is 0.229 e. The lowest BCUT2D eigenvalue weighted by atomic mass is 9.75. The van der Waals surface area contributed by atoms with Crippen molar-refractivity contribution in [2.45, 2.75) is 45.6 Å². The van der Waals surface area contributed by atoms with E-state index in [-0.39, 0.29) is 5.41 Å². The molecule has 6 nitrogen and oxygen atoms in total. The van der Waals surface area contributed by atoms with Gasteiger partial charge in [0.2, 0.25) is 5.91 Å². The molecule has 6 heteroatoms. The van der Waals surface area contributed by atoms with Crippen LogP contribution in [0.2, 0.25) is 0 Å². The zero-order valence-corrected chi connectivity index (χ0v) is 18.4. The Morgan fingerprint density at radius 1 is 1.13 bits per heavy atom. The van der Waals surface area contributed by atoms with E-state index in [1.807, 2.05) is 12.3 Å². The number of nitrogens with one attached hydrogen (secondary N) is 1. The van der Waals surface area contributed by atoms with Crippen LogP contribution in [0.5, 0.6) is 0 Å². The Bertz CT molecular complexity index is 1050. The van der Waals surface area contributed by atoms with Crippen molar-refractivity contribution in [3.63, 3.8) is 0 Å². The van der Waals surface area contributed by atoms with Gasteiger partial charge in [-0.2, -0.15) is 0 Å². The molecule has 2 aliphatic heterocycles. The van der Waals surface area contributed by atoms with Crippen molar-refractivity contribution >= 4 is 22.8 Å². The lowest BCUT2D eigenvalue weighted by Gasteiger charge is -2.38. The highest BCUT2D eigenvalue weighted by molar-refractivity contribution is 5.88. The fourth-order valence-corrected chi connectivity index (χ4v) is 5.49. The number of fused-ring (bicyclic) bond motifs is 1. The first-order valence-electron chi connectivity index (χ1n) is 11.4. The molecule has 31 heavy (non-hydrogen) atoms. The van der Waals surface area contributed by atoms with Gasteiger partial charge in [-0.1, -0.05) is 44.2 Å². The molecule has 1 spiro atoms. The van der Waals surface area contributed by atoms with Crippen molar-refractivity contribution in [2.75, 3.05) is 24.5 Å². The number of benzene rings is 1. The standard InChI is InChI=1S/C25H31N5O/c1-18(2)16-30-20(14-19-6-4-3-5-7-19)15-25(24(30)31)9-12-29(13-10-25)23-21-8-11-26-22(21)27-17-28-23/h3-8,11,17-18,20H,9-10,12-16H2,1-2H3,(H,26,27,28). The molecule has 2 aromatic heterocycles. The monoisotopic (exact) mass is 417 g/mol. The summed E-state index contributed by atoms with van der Waals surface area (Å²) in [4.78, 5) is 30.3. The molecule has 0 radical (unpaired) electrons. The number of amides is 1. The summed E-state index contributed by atoms with van der Waals surface area (Å²) in [7, 11) is 0. The number of hydrogen-bond acceptors (Lipinski definition) is 4. The van der Waals surface area contributed by atoms with Crippen LogP contribution in [0.25, 0.3) is 11.0 Å². The van der Waals surface area contributed by atoms with Crippen LogP contribution in [-0.4, -0.2) is 51.4 Å². The summed E-state index contributed by atoms with van der Waals surface area (Å²) in [5, 5.41) is 1.06. The maximum absolute atomic E-state index is 13.7. The first-order chi connectivity index (χ1) is 15.1. The Morgan fingerprint density at radius 2 is 1.90 bits per heavy atom. The Hall–Kier alpha value is -2.89. The minimum atomic E-state index is -0.227. The van der Waals surface area contributed by atoms with Crippen LogP contribution in [0, 0.1) is 11.3 Å². The van der Waals surface area contributed by atoms with Crippen molar-refractivity contribution in [1.82, 2.24) is 19.9 Å². The molecule has 4 heterocycles. The van der Waals surface area contributed by atoms with Crippen molar-refractivity contribution in [3.05, 3.63) is 54.5 Å². The number of carbonyl (C=O) groups excluding carboxylic acids is 1. The number of anilines is 1. The van der Waals surface area contributed by atoms with Crippen LogP contribution < -0.4 is 4.90 Å². The maximum Gasteiger partial charge on any atom is 0.229 e. The Kier molecular flexibility index (Phi) is 5.16. The highest BCUT2D eigenvalue weighted by Gasteiger charge is 2.52. The second kappa shape index (κ2) is 7.98. The summed E-state index contributed by atoms with van der Waals surface area (Å²) in [5.41, 5.74) is 1.96. The second-order valence-corrected chi connectivity index (χ2v) is 9.60. The third-order valence-corrected chi connectivity index (χ3v) is 7.01. The van der Waals surface area contributed by atoms with Gasteiger partial charge in [-0.25, -0.2) is 9.97 Å². The highest BCUT2D eigenvalue weighted by atomic mass is 16.2. The molecule has 0 bridgehead atoms. The van der Waals surface area contributed by atoms with Crippen LogP contribution in [0.3, 0.4) is 0 Å². The summed E-state index contributed by atoms with van der Waals surface area (Å²) in [6, 6.07) is 12.9. The van der Waals surface area contributed by atoms with Crippen molar-refractivity contribution < 1.29 is 4.79 Å². The highest BCUT2D eigenvalue weighted by Crippen LogP contribution is 2.46. The average molecular weight is 418 g/mol. The Morgan fingerprint density at radius 3 is 2.65 bits per heavy atom. The quantitative estimate of drug-likeness (QED) is 0.680. The first kappa shape index (κ1) is 20.0. The molecule has 5 rings (SSSR count). The fraction of sp³-hybridized carbons (Fsp3) is 0.480. The van der Waals surface area contributed by atoms with Gasteiger partial charge in [0.25, 0.3) is 0 Å². The molecule has 1 unspecified atom stereocenters.